The summed E-state index contributed by atoms with van der Waals surface area (Å²) in [6, 6.07) is 12.7. The summed E-state index contributed by atoms with van der Waals surface area (Å²) in [5.41, 5.74) is 5.96. The summed E-state index contributed by atoms with van der Waals surface area (Å²) in [6.45, 7) is 7.06. The molecule has 0 bridgehead atoms. The first-order valence-electron chi connectivity index (χ1n) is 9.61. The fourth-order valence-corrected chi connectivity index (χ4v) is 4.12. The maximum atomic E-state index is 9.68. The van der Waals surface area contributed by atoms with Crippen LogP contribution in [0.2, 0.25) is 5.02 Å². The highest BCUT2D eigenvalue weighted by Gasteiger charge is 2.25. The van der Waals surface area contributed by atoms with E-state index in [2.05, 4.69) is 47.6 Å². The van der Waals surface area contributed by atoms with E-state index < -0.39 is 0 Å². The lowest BCUT2D eigenvalue weighted by Crippen LogP contribution is -2.32. The molecule has 142 valence electrons. The maximum absolute atomic E-state index is 9.68. The lowest BCUT2D eigenvalue weighted by atomic mass is 10.1. The molecular formula is C22H26ClN3O. The molecule has 0 spiro atoms. The van der Waals surface area contributed by atoms with Crippen LogP contribution in [-0.2, 0) is 13.1 Å². The summed E-state index contributed by atoms with van der Waals surface area (Å²) in [7, 11) is 0. The molecule has 2 aromatic carbocycles. The van der Waals surface area contributed by atoms with Crippen molar-refractivity contribution in [2.45, 2.75) is 45.8 Å². The van der Waals surface area contributed by atoms with Crippen molar-refractivity contribution >= 4 is 22.6 Å². The van der Waals surface area contributed by atoms with Gasteiger partial charge in [0.1, 0.15) is 5.82 Å². The van der Waals surface area contributed by atoms with Crippen molar-refractivity contribution in [2.24, 2.45) is 0 Å². The SMILES string of the molecule is Cc1cc2nc(CN3CCCC3CO)n(Cc3ccc(Cl)cc3)c2cc1C. The first kappa shape index (κ1) is 18.5. The average Bonchev–Trinajstić information content (AvgIpc) is 3.23. The zero-order valence-electron chi connectivity index (χ0n) is 16.0. The minimum absolute atomic E-state index is 0.218. The van der Waals surface area contributed by atoms with Gasteiger partial charge in [0, 0.05) is 17.6 Å². The number of rotatable bonds is 5. The van der Waals surface area contributed by atoms with Gasteiger partial charge in [-0.25, -0.2) is 4.98 Å². The number of fused-ring (bicyclic) bond motifs is 1. The Hall–Kier alpha value is -1.88. The van der Waals surface area contributed by atoms with E-state index in [1.165, 1.54) is 22.2 Å². The topological polar surface area (TPSA) is 41.3 Å². The molecule has 1 unspecified atom stereocenters. The van der Waals surface area contributed by atoms with Crippen molar-refractivity contribution in [3.05, 3.63) is 63.9 Å². The summed E-state index contributed by atoms with van der Waals surface area (Å²) < 4.78 is 2.32. The predicted molar refractivity (Wildman–Crippen MR) is 110 cm³/mol. The van der Waals surface area contributed by atoms with Gasteiger partial charge in [-0.1, -0.05) is 23.7 Å². The predicted octanol–water partition coefficient (Wildman–Crippen LogP) is 4.31. The number of aromatic nitrogens is 2. The van der Waals surface area contributed by atoms with Crippen molar-refractivity contribution in [3.8, 4) is 0 Å². The largest absolute Gasteiger partial charge is 0.395 e. The summed E-state index contributed by atoms with van der Waals surface area (Å²) in [5, 5.41) is 10.4. The van der Waals surface area contributed by atoms with Gasteiger partial charge in [-0.2, -0.15) is 0 Å². The normalized spacial score (nSPS) is 17.9. The van der Waals surface area contributed by atoms with Gasteiger partial charge in [-0.15, -0.1) is 0 Å². The Balaban J connectivity index is 1.75. The van der Waals surface area contributed by atoms with Crippen molar-refractivity contribution in [3.63, 3.8) is 0 Å². The summed E-state index contributed by atoms with van der Waals surface area (Å²) >= 11 is 6.05. The highest BCUT2D eigenvalue weighted by Crippen LogP contribution is 2.25. The molecule has 1 N–H and O–H groups in total. The maximum Gasteiger partial charge on any atom is 0.124 e. The number of hydrogen-bond donors (Lipinski definition) is 1. The Labute approximate surface area is 165 Å². The highest BCUT2D eigenvalue weighted by molar-refractivity contribution is 6.30. The lowest BCUT2D eigenvalue weighted by molar-refractivity contribution is 0.150. The monoisotopic (exact) mass is 383 g/mol. The lowest BCUT2D eigenvalue weighted by Gasteiger charge is -2.22. The summed E-state index contributed by atoms with van der Waals surface area (Å²) in [6.07, 6.45) is 2.20. The second-order valence-corrected chi connectivity index (χ2v) is 8.05. The van der Waals surface area contributed by atoms with Gasteiger partial charge >= 0.3 is 0 Å². The fraction of sp³-hybridized carbons (Fsp3) is 0.409. The number of aliphatic hydroxyl groups is 1. The zero-order chi connectivity index (χ0) is 19.0. The standard InChI is InChI=1S/C22H26ClN3O/c1-15-10-20-21(11-16(15)2)26(12-17-5-7-18(23)8-6-17)22(24-20)13-25-9-3-4-19(25)14-27/h5-8,10-11,19,27H,3-4,9,12-14H2,1-2H3. The van der Waals surface area contributed by atoms with E-state index in [4.69, 9.17) is 16.6 Å². The molecule has 1 aromatic heterocycles. The van der Waals surface area contributed by atoms with Crippen LogP contribution in [0.15, 0.2) is 36.4 Å². The Kier molecular flexibility index (Phi) is 5.22. The van der Waals surface area contributed by atoms with E-state index in [9.17, 15) is 5.11 Å². The van der Waals surface area contributed by atoms with Gasteiger partial charge in [-0.3, -0.25) is 4.90 Å². The Morgan fingerprint density at radius 3 is 2.59 bits per heavy atom. The molecule has 3 aromatic rings. The quantitative estimate of drug-likeness (QED) is 0.713. The molecule has 2 heterocycles. The molecule has 1 fully saturated rings. The van der Waals surface area contributed by atoms with Crippen LogP contribution < -0.4 is 0 Å². The van der Waals surface area contributed by atoms with Crippen LogP contribution >= 0.6 is 11.6 Å². The van der Waals surface area contributed by atoms with E-state index in [-0.39, 0.29) is 12.6 Å². The van der Waals surface area contributed by atoms with Crippen LogP contribution in [0.1, 0.15) is 35.4 Å². The molecule has 4 rings (SSSR count). The third-order valence-electron chi connectivity index (χ3n) is 5.75. The minimum atomic E-state index is 0.218. The number of aryl methyl sites for hydroxylation is 2. The third-order valence-corrected chi connectivity index (χ3v) is 6.00. The molecule has 0 aliphatic carbocycles. The molecular weight excluding hydrogens is 358 g/mol. The molecule has 0 radical (unpaired) electrons. The number of halogens is 1. The van der Waals surface area contributed by atoms with Gasteiger partial charge < -0.3 is 9.67 Å². The molecule has 1 saturated heterocycles. The van der Waals surface area contributed by atoms with E-state index in [1.807, 2.05) is 12.1 Å². The van der Waals surface area contributed by atoms with Crippen LogP contribution in [0, 0.1) is 13.8 Å². The van der Waals surface area contributed by atoms with E-state index in [1.54, 1.807) is 0 Å². The summed E-state index contributed by atoms with van der Waals surface area (Å²) in [4.78, 5) is 7.33. The average molecular weight is 384 g/mol. The molecule has 4 nitrogen and oxygen atoms in total. The number of aliphatic hydroxyl groups excluding tert-OH is 1. The fourth-order valence-electron chi connectivity index (χ4n) is 3.99. The highest BCUT2D eigenvalue weighted by atomic mass is 35.5. The third kappa shape index (κ3) is 3.75. The smallest absolute Gasteiger partial charge is 0.124 e. The van der Waals surface area contributed by atoms with Gasteiger partial charge in [0.05, 0.1) is 24.2 Å². The van der Waals surface area contributed by atoms with E-state index in [0.29, 0.717) is 0 Å². The van der Waals surface area contributed by atoms with Gasteiger partial charge in [0.2, 0.25) is 0 Å². The molecule has 0 saturated carbocycles. The zero-order valence-corrected chi connectivity index (χ0v) is 16.7. The number of benzene rings is 2. The van der Waals surface area contributed by atoms with Crippen LogP contribution in [0.5, 0.6) is 0 Å². The number of hydrogen-bond acceptors (Lipinski definition) is 3. The second-order valence-electron chi connectivity index (χ2n) is 7.61. The Bertz CT molecular complexity index is 948. The number of imidazole rings is 1. The first-order chi connectivity index (χ1) is 13.0. The van der Waals surface area contributed by atoms with Crippen LogP contribution in [0.25, 0.3) is 11.0 Å². The number of nitrogens with zero attached hydrogens (tertiary/aromatic N) is 3. The van der Waals surface area contributed by atoms with Crippen LogP contribution in [-0.4, -0.2) is 38.8 Å². The molecule has 1 atom stereocenters. The molecule has 5 heteroatoms. The van der Waals surface area contributed by atoms with Crippen molar-refractivity contribution in [2.75, 3.05) is 13.2 Å². The van der Waals surface area contributed by atoms with Crippen molar-refractivity contribution in [1.29, 1.82) is 0 Å². The number of likely N-dealkylation sites (tertiary alicyclic amines) is 1. The second kappa shape index (κ2) is 7.63. The minimum Gasteiger partial charge on any atom is -0.395 e. The van der Waals surface area contributed by atoms with E-state index >= 15 is 0 Å². The van der Waals surface area contributed by atoms with Gasteiger partial charge in [0.15, 0.2) is 0 Å². The summed E-state index contributed by atoms with van der Waals surface area (Å²) in [5.74, 6) is 1.06. The van der Waals surface area contributed by atoms with E-state index in [0.717, 1.165) is 48.8 Å². The van der Waals surface area contributed by atoms with Crippen LogP contribution in [0.3, 0.4) is 0 Å². The Morgan fingerprint density at radius 2 is 1.85 bits per heavy atom. The van der Waals surface area contributed by atoms with Gasteiger partial charge in [0.25, 0.3) is 0 Å². The molecule has 0 amide bonds. The molecule has 1 aliphatic rings. The molecule has 1 aliphatic heterocycles. The van der Waals surface area contributed by atoms with Crippen LogP contribution in [0.4, 0.5) is 0 Å². The van der Waals surface area contributed by atoms with Crippen molar-refractivity contribution in [1.82, 2.24) is 14.5 Å². The first-order valence-corrected chi connectivity index (χ1v) is 9.98. The van der Waals surface area contributed by atoms with Gasteiger partial charge in [-0.05, 0) is 74.2 Å². The van der Waals surface area contributed by atoms with Crippen molar-refractivity contribution < 1.29 is 5.11 Å². The molecule has 27 heavy (non-hydrogen) atoms. The Morgan fingerprint density at radius 1 is 1.11 bits per heavy atom.